The summed E-state index contributed by atoms with van der Waals surface area (Å²) in [4.78, 5) is 46.8. The number of aromatic nitrogens is 2. The molecule has 124 valence electrons. The zero-order valence-corrected chi connectivity index (χ0v) is 13.6. The molecule has 1 saturated heterocycles. The number of anilines is 1. The second kappa shape index (κ2) is 7.17. The first-order chi connectivity index (χ1) is 10.9. The molecule has 2 heterocycles. The maximum absolute atomic E-state index is 12.1. The zero-order chi connectivity index (χ0) is 17.0. The molecular weight excluding hydrogens is 298 g/mol. The molecule has 1 aliphatic heterocycles. The number of carbonyl (C=O) groups is 3. The number of likely N-dealkylation sites (N-methyl/N-ethyl adjacent to an activating group) is 1. The number of nitrogens with zero attached hydrogens (tertiary/aromatic N) is 4. The van der Waals surface area contributed by atoms with Crippen LogP contribution in [0.1, 0.15) is 24.4 Å². The van der Waals surface area contributed by atoms with Gasteiger partial charge in [0.1, 0.15) is 11.6 Å². The summed E-state index contributed by atoms with van der Waals surface area (Å²) in [5.74, 6) is -0.490. The minimum atomic E-state index is -0.752. The fourth-order valence-corrected chi connectivity index (χ4v) is 2.44. The van der Waals surface area contributed by atoms with Gasteiger partial charge < -0.3 is 15.1 Å². The Morgan fingerprint density at radius 3 is 2.70 bits per heavy atom. The van der Waals surface area contributed by atoms with E-state index in [1.807, 2.05) is 0 Å². The molecule has 0 bridgehead atoms. The number of nitrogens with one attached hydrogen (secondary N) is 1. The van der Waals surface area contributed by atoms with Gasteiger partial charge in [-0.1, -0.05) is 0 Å². The second-order valence-electron chi connectivity index (χ2n) is 5.61. The van der Waals surface area contributed by atoms with Gasteiger partial charge >= 0.3 is 11.8 Å². The number of likely N-dealkylation sites (tertiary alicyclic amines) is 1. The zero-order valence-electron chi connectivity index (χ0n) is 13.6. The summed E-state index contributed by atoms with van der Waals surface area (Å²) in [6.07, 6.45) is 1.41. The number of rotatable bonds is 4. The van der Waals surface area contributed by atoms with Crippen molar-refractivity contribution in [2.45, 2.75) is 26.7 Å². The van der Waals surface area contributed by atoms with E-state index in [0.717, 1.165) is 6.42 Å². The minimum Gasteiger partial charge on any atom is -0.341 e. The number of carbonyl (C=O) groups excluding carboxylic acids is 3. The smallest absolute Gasteiger partial charge is 0.315 e. The van der Waals surface area contributed by atoms with Crippen LogP contribution >= 0.6 is 0 Å². The Morgan fingerprint density at radius 2 is 2.09 bits per heavy atom. The van der Waals surface area contributed by atoms with Crippen molar-refractivity contribution in [2.24, 2.45) is 0 Å². The van der Waals surface area contributed by atoms with E-state index < -0.39 is 11.8 Å². The van der Waals surface area contributed by atoms with E-state index in [0.29, 0.717) is 43.4 Å². The van der Waals surface area contributed by atoms with Crippen molar-refractivity contribution in [1.29, 1.82) is 0 Å². The quantitative estimate of drug-likeness (QED) is 0.795. The summed E-state index contributed by atoms with van der Waals surface area (Å²) in [5.41, 5.74) is 0.709. The molecule has 0 aromatic carbocycles. The van der Waals surface area contributed by atoms with Crippen molar-refractivity contribution in [3.63, 3.8) is 0 Å². The first-order valence-electron chi connectivity index (χ1n) is 7.53. The van der Waals surface area contributed by atoms with E-state index in [1.54, 1.807) is 31.9 Å². The molecule has 1 N–H and O–H groups in total. The minimum absolute atomic E-state index is 0.0993. The number of hydrogen-bond donors (Lipinski definition) is 1. The van der Waals surface area contributed by atoms with E-state index in [-0.39, 0.29) is 5.91 Å². The maximum atomic E-state index is 12.1. The van der Waals surface area contributed by atoms with Crippen LogP contribution in [0.5, 0.6) is 0 Å². The second-order valence-corrected chi connectivity index (χ2v) is 5.61. The molecule has 2 rings (SSSR count). The van der Waals surface area contributed by atoms with E-state index in [1.165, 1.54) is 4.90 Å². The molecule has 0 aliphatic carbocycles. The maximum Gasteiger partial charge on any atom is 0.315 e. The van der Waals surface area contributed by atoms with E-state index in [2.05, 4.69) is 15.3 Å². The highest BCUT2D eigenvalue weighted by molar-refractivity contribution is 6.39. The van der Waals surface area contributed by atoms with Gasteiger partial charge in [0, 0.05) is 44.9 Å². The highest BCUT2D eigenvalue weighted by Crippen LogP contribution is 2.09. The lowest BCUT2D eigenvalue weighted by Crippen LogP contribution is -2.41. The number of hydrogen-bond acceptors (Lipinski definition) is 5. The lowest BCUT2D eigenvalue weighted by molar-refractivity contribution is -0.142. The first kappa shape index (κ1) is 16.9. The van der Waals surface area contributed by atoms with Crippen LogP contribution in [-0.2, 0) is 14.4 Å². The highest BCUT2D eigenvalue weighted by Gasteiger charge is 2.23. The van der Waals surface area contributed by atoms with Gasteiger partial charge in [-0.25, -0.2) is 9.97 Å². The van der Waals surface area contributed by atoms with Gasteiger partial charge in [-0.2, -0.15) is 0 Å². The van der Waals surface area contributed by atoms with Crippen LogP contribution in [0.15, 0.2) is 6.07 Å². The summed E-state index contributed by atoms with van der Waals surface area (Å²) < 4.78 is 0. The monoisotopic (exact) mass is 319 g/mol. The van der Waals surface area contributed by atoms with Crippen LogP contribution in [0.2, 0.25) is 0 Å². The first-order valence-corrected chi connectivity index (χ1v) is 7.53. The Labute approximate surface area is 134 Å². The average molecular weight is 319 g/mol. The summed E-state index contributed by atoms with van der Waals surface area (Å²) in [7, 11) is 1.54. The van der Waals surface area contributed by atoms with E-state index >= 15 is 0 Å². The van der Waals surface area contributed by atoms with Gasteiger partial charge in [-0.05, 0) is 20.3 Å². The van der Waals surface area contributed by atoms with Crippen LogP contribution in [0.3, 0.4) is 0 Å². The van der Waals surface area contributed by atoms with Gasteiger partial charge in [-0.3, -0.25) is 14.4 Å². The molecule has 0 spiro atoms. The molecule has 0 saturated carbocycles. The van der Waals surface area contributed by atoms with Crippen LogP contribution in [0.4, 0.5) is 5.82 Å². The molecule has 0 unspecified atom stereocenters. The summed E-state index contributed by atoms with van der Waals surface area (Å²) in [6.45, 7) is 4.97. The predicted octanol–water partition coefficient (Wildman–Crippen LogP) is 0.113. The predicted molar refractivity (Wildman–Crippen MR) is 83.6 cm³/mol. The van der Waals surface area contributed by atoms with Crippen molar-refractivity contribution < 1.29 is 14.4 Å². The third-order valence-corrected chi connectivity index (χ3v) is 3.63. The van der Waals surface area contributed by atoms with E-state index in [9.17, 15) is 14.4 Å². The molecule has 23 heavy (non-hydrogen) atoms. The summed E-state index contributed by atoms with van der Waals surface area (Å²) >= 11 is 0. The van der Waals surface area contributed by atoms with Crippen molar-refractivity contribution in [2.75, 3.05) is 32.0 Å². The summed E-state index contributed by atoms with van der Waals surface area (Å²) in [6, 6.07) is 1.60. The van der Waals surface area contributed by atoms with Crippen LogP contribution in [0, 0.1) is 13.8 Å². The molecule has 0 radical (unpaired) electrons. The Kier molecular flexibility index (Phi) is 5.25. The molecule has 0 atom stereocenters. The Hall–Kier alpha value is -2.51. The van der Waals surface area contributed by atoms with Crippen molar-refractivity contribution >= 4 is 23.5 Å². The third-order valence-electron chi connectivity index (χ3n) is 3.63. The summed E-state index contributed by atoms with van der Waals surface area (Å²) in [5, 5.41) is 2.48. The Morgan fingerprint density at radius 1 is 1.35 bits per heavy atom. The SMILES string of the molecule is Cc1cc(NC(=O)C(=O)N(C)CCN2CCCC2=O)nc(C)n1. The molecule has 3 amide bonds. The molecule has 1 aromatic rings. The molecule has 8 nitrogen and oxygen atoms in total. The Balaban J connectivity index is 1.88. The highest BCUT2D eigenvalue weighted by atomic mass is 16.2. The van der Waals surface area contributed by atoms with E-state index in [4.69, 9.17) is 0 Å². The average Bonchev–Trinajstić information content (AvgIpc) is 2.88. The number of amides is 3. The largest absolute Gasteiger partial charge is 0.341 e. The molecule has 8 heteroatoms. The van der Waals surface area contributed by atoms with Crippen LogP contribution in [0.25, 0.3) is 0 Å². The van der Waals surface area contributed by atoms with Crippen LogP contribution < -0.4 is 5.32 Å². The normalized spacial score (nSPS) is 14.0. The molecule has 1 aliphatic rings. The van der Waals surface area contributed by atoms with Crippen molar-refractivity contribution in [1.82, 2.24) is 19.8 Å². The lowest BCUT2D eigenvalue weighted by atomic mass is 10.4. The molecular formula is C15H21N5O3. The molecule has 1 aromatic heterocycles. The Bertz CT molecular complexity index is 611. The fraction of sp³-hybridized carbons (Fsp3) is 0.533. The van der Waals surface area contributed by atoms with Crippen LogP contribution in [-0.4, -0.2) is 64.2 Å². The standard InChI is InChI=1S/C15H21N5O3/c1-10-9-12(17-11(2)16-10)18-14(22)15(23)19(3)7-8-20-6-4-5-13(20)21/h9H,4-8H2,1-3H3,(H,16,17,18,22). The van der Waals surface area contributed by atoms with Gasteiger partial charge in [0.2, 0.25) is 5.91 Å². The van der Waals surface area contributed by atoms with Gasteiger partial charge in [-0.15, -0.1) is 0 Å². The fourth-order valence-electron chi connectivity index (χ4n) is 2.44. The van der Waals surface area contributed by atoms with Crippen molar-refractivity contribution in [3.8, 4) is 0 Å². The van der Waals surface area contributed by atoms with Gasteiger partial charge in [0.15, 0.2) is 0 Å². The lowest BCUT2D eigenvalue weighted by Gasteiger charge is -2.21. The molecule has 1 fully saturated rings. The number of aryl methyl sites for hydroxylation is 2. The van der Waals surface area contributed by atoms with Gasteiger partial charge in [0.05, 0.1) is 0 Å². The third kappa shape index (κ3) is 4.48. The van der Waals surface area contributed by atoms with Gasteiger partial charge in [0.25, 0.3) is 0 Å². The van der Waals surface area contributed by atoms with Crippen molar-refractivity contribution in [3.05, 3.63) is 17.6 Å². The topological polar surface area (TPSA) is 95.5 Å².